The number of rotatable bonds is 4. The molecule has 9 nitrogen and oxygen atoms in total. The normalized spacial score (nSPS) is 10.8. The lowest BCUT2D eigenvalue weighted by atomic mass is 10.2. The fourth-order valence-electron chi connectivity index (χ4n) is 2.12. The Balaban J connectivity index is 2.24. The van der Waals surface area contributed by atoms with Gasteiger partial charge < -0.3 is 15.0 Å². The molecule has 0 aromatic carbocycles. The molecular formula is C12H15ClN6O3. The summed E-state index contributed by atoms with van der Waals surface area (Å²) in [6.07, 6.45) is 0. The average molecular weight is 327 g/mol. The van der Waals surface area contributed by atoms with Crippen LogP contribution in [0.25, 0.3) is 0 Å². The van der Waals surface area contributed by atoms with E-state index < -0.39 is 16.6 Å². The number of nitro groups is 1. The number of aromatic amines is 1. The summed E-state index contributed by atoms with van der Waals surface area (Å²) in [5.41, 5.74) is 2.50. The fraction of sp³-hybridized carbons (Fsp3) is 0.417. The van der Waals surface area contributed by atoms with E-state index in [2.05, 4.69) is 15.3 Å². The maximum absolute atomic E-state index is 12.3. The molecule has 0 saturated carbocycles. The zero-order chi connectivity index (χ0) is 16.6. The number of amides is 1. The molecule has 2 aromatic heterocycles. The topological polar surface area (TPSA) is 110 Å². The van der Waals surface area contributed by atoms with Gasteiger partial charge in [0, 0.05) is 31.9 Å². The van der Waals surface area contributed by atoms with Gasteiger partial charge in [0.25, 0.3) is 5.91 Å². The Labute approximate surface area is 131 Å². The maximum atomic E-state index is 12.3. The van der Waals surface area contributed by atoms with Crippen molar-refractivity contribution in [2.45, 2.75) is 20.4 Å². The number of carbonyl (C=O) groups is 1. The second-order valence-corrected chi connectivity index (χ2v) is 5.30. The van der Waals surface area contributed by atoms with Crippen LogP contribution in [-0.4, -0.2) is 42.8 Å². The minimum atomic E-state index is -0.721. The second kappa shape index (κ2) is 5.76. The number of hydrogen-bond acceptors (Lipinski definition) is 5. The summed E-state index contributed by atoms with van der Waals surface area (Å²) in [6, 6.07) is 0. The van der Waals surface area contributed by atoms with Gasteiger partial charge in [-0.1, -0.05) is 16.7 Å². The van der Waals surface area contributed by atoms with Crippen LogP contribution < -0.4 is 0 Å². The van der Waals surface area contributed by atoms with E-state index in [1.54, 1.807) is 11.7 Å². The highest BCUT2D eigenvalue weighted by Crippen LogP contribution is 2.26. The molecule has 1 N–H and O–H groups in total. The van der Waals surface area contributed by atoms with Crippen molar-refractivity contribution >= 4 is 23.3 Å². The Morgan fingerprint density at radius 3 is 2.59 bits per heavy atom. The monoisotopic (exact) mass is 326 g/mol. The molecule has 2 aromatic rings. The summed E-state index contributed by atoms with van der Waals surface area (Å²) < 4.78 is 1.73. The van der Waals surface area contributed by atoms with Gasteiger partial charge in [0.2, 0.25) is 0 Å². The zero-order valence-electron chi connectivity index (χ0n) is 12.5. The van der Waals surface area contributed by atoms with Crippen LogP contribution in [0.4, 0.5) is 5.82 Å². The molecular weight excluding hydrogens is 312 g/mol. The van der Waals surface area contributed by atoms with E-state index in [0.717, 1.165) is 17.0 Å². The van der Waals surface area contributed by atoms with Crippen LogP contribution in [0.2, 0.25) is 5.02 Å². The predicted octanol–water partition coefficient (Wildman–Crippen LogP) is 1.59. The molecule has 0 bridgehead atoms. The highest BCUT2D eigenvalue weighted by atomic mass is 35.5. The molecule has 22 heavy (non-hydrogen) atoms. The van der Waals surface area contributed by atoms with Crippen molar-refractivity contribution in [2.24, 2.45) is 7.05 Å². The third-order valence-corrected chi connectivity index (χ3v) is 3.83. The lowest BCUT2D eigenvalue weighted by molar-refractivity contribution is -0.389. The van der Waals surface area contributed by atoms with E-state index in [1.165, 1.54) is 4.90 Å². The first kappa shape index (κ1) is 16.0. The van der Waals surface area contributed by atoms with Gasteiger partial charge in [0.1, 0.15) is 0 Å². The highest BCUT2D eigenvalue weighted by molar-refractivity contribution is 6.35. The van der Waals surface area contributed by atoms with Gasteiger partial charge in [-0.2, -0.15) is 5.10 Å². The predicted molar refractivity (Wildman–Crippen MR) is 78.7 cm³/mol. The smallest absolute Gasteiger partial charge is 0.358 e. The van der Waals surface area contributed by atoms with E-state index in [1.807, 2.05) is 20.9 Å². The molecule has 1 amide bonds. The molecule has 0 fully saturated rings. The van der Waals surface area contributed by atoms with Crippen LogP contribution >= 0.6 is 11.6 Å². The van der Waals surface area contributed by atoms with E-state index in [0.29, 0.717) is 6.54 Å². The van der Waals surface area contributed by atoms with Gasteiger partial charge in [0.05, 0.1) is 5.69 Å². The number of aromatic nitrogens is 4. The van der Waals surface area contributed by atoms with E-state index >= 15 is 0 Å². The molecule has 0 aliphatic carbocycles. The number of H-pyrrole nitrogens is 1. The lowest BCUT2D eigenvalue weighted by Gasteiger charge is -2.16. The van der Waals surface area contributed by atoms with Gasteiger partial charge >= 0.3 is 5.82 Å². The van der Waals surface area contributed by atoms with Crippen LogP contribution in [-0.2, 0) is 13.6 Å². The maximum Gasteiger partial charge on any atom is 0.362 e. The average Bonchev–Trinajstić information content (AvgIpc) is 2.93. The first-order valence-electron chi connectivity index (χ1n) is 6.36. The highest BCUT2D eigenvalue weighted by Gasteiger charge is 2.28. The van der Waals surface area contributed by atoms with Crippen LogP contribution in [0.3, 0.4) is 0 Å². The molecule has 10 heteroatoms. The Kier molecular flexibility index (Phi) is 4.18. The molecule has 0 aliphatic heterocycles. The van der Waals surface area contributed by atoms with Crippen LogP contribution in [0.5, 0.6) is 0 Å². The Bertz CT molecular complexity index is 750. The Morgan fingerprint density at radius 2 is 2.14 bits per heavy atom. The fourth-order valence-corrected chi connectivity index (χ4v) is 2.35. The van der Waals surface area contributed by atoms with Crippen molar-refractivity contribution in [3.05, 3.63) is 37.8 Å². The van der Waals surface area contributed by atoms with Crippen molar-refractivity contribution in [3.63, 3.8) is 0 Å². The first-order chi connectivity index (χ1) is 10.2. The number of nitrogens with one attached hydrogen (secondary N) is 1. The summed E-state index contributed by atoms with van der Waals surface area (Å²) >= 11 is 5.83. The molecule has 0 saturated heterocycles. The Hall–Kier alpha value is -2.42. The van der Waals surface area contributed by atoms with Crippen molar-refractivity contribution in [2.75, 3.05) is 7.05 Å². The van der Waals surface area contributed by atoms with Gasteiger partial charge in [0.15, 0.2) is 10.7 Å². The first-order valence-corrected chi connectivity index (χ1v) is 6.74. The number of halogens is 1. The van der Waals surface area contributed by atoms with Crippen LogP contribution in [0.1, 0.15) is 27.4 Å². The van der Waals surface area contributed by atoms with Crippen LogP contribution in [0.15, 0.2) is 0 Å². The standard InChI is InChI=1S/C12H15ClN6O3/c1-6-8(7(2)18(4)16-6)5-17(3)12(20)10-9(13)11(15-14-10)19(21)22/h5H2,1-4H3,(H,14,15). The quantitative estimate of drug-likeness (QED) is 0.677. The van der Waals surface area contributed by atoms with Gasteiger partial charge in [-0.15, -0.1) is 5.10 Å². The molecule has 2 rings (SSSR count). The zero-order valence-corrected chi connectivity index (χ0v) is 13.3. The molecule has 2 heterocycles. The summed E-state index contributed by atoms with van der Waals surface area (Å²) in [6.45, 7) is 4.06. The number of carbonyl (C=O) groups excluding carboxylic acids is 1. The SMILES string of the molecule is Cc1nn(C)c(C)c1CN(C)C(=O)c1n[nH]c([N+](=O)[O-])c1Cl. The van der Waals surface area contributed by atoms with E-state index in [9.17, 15) is 14.9 Å². The van der Waals surface area contributed by atoms with E-state index in [4.69, 9.17) is 11.6 Å². The minimum Gasteiger partial charge on any atom is -0.358 e. The largest absolute Gasteiger partial charge is 0.362 e. The number of hydrogen-bond donors (Lipinski definition) is 1. The van der Waals surface area contributed by atoms with E-state index in [-0.39, 0.29) is 10.7 Å². The van der Waals surface area contributed by atoms with Gasteiger partial charge in [-0.05, 0) is 18.8 Å². The van der Waals surface area contributed by atoms with Gasteiger partial charge in [-0.25, -0.2) is 0 Å². The van der Waals surface area contributed by atoms with Gasteiger partial charge in [-0.3, -0.25) is 9.48 Å². The summed E-state index contributed by atoms with van der Waals surface area (Å²) in [7, 11) is 3.40. The van der Waals surface area contributed by atoms with Crippen molar-refractivity contribution in [1.29, 1.82) is 0 Å². The summed E-state index contributed by atoms with van der Waals surface area (Å²) in [4.78, 5) is 23.7. The third kappa shape index (κ3) is 2.67. The Morgan fingerprint density at radius 1 is 1.50 bits per heavy atom. The second-order valence-electron chi connectivity index (χ2n) is 4.93. The molecule has 0 atom stereocenters. The number of nitrogens with zero attached hydrogens (tertiary/aromatic N) is 5. The molecule has 0 unspecified atom stereocenters. The molecule has 0 aliphatic rings. The summed E-state index contributed by atoms with van der Waals surface area (Å²) in [5, 5.41) is 20.5. The third-order valence-electron chi connectivity index (χ3n) is 3.48. The number of aryl methyl sites for hydroxylation is 2. The van der Waals surface area contributed by atoms with Crippen LogP contribution in [0, 0.1) is 24.0 Å². The van der Waals surface area contributed by atoms with Crippen molar-refractivity contribution in [3.8, 4) is 0 Å². The van der Waals surface area contributed by atoms with Crippen molar-refractivity contribution in [1.82, 2.24) is 24.9 Å². The minimum absolute atomic E-state index is 0.171. The lowest BCUT2D eigenvalue weighted by Crippen LogP contribution is -2.27. The molecule has 0 spiro atoms. The van der Waals surface area contributed by atoms with Crippen molar-refractivity contribution < 1.29 is 9.72 Å². The summed E-state index contributed by atoms with van der Waals surface area (Å²) in [5.74, 6) is -0.996. The molecule has 0 radical (unpaired) electrons. The molecule has 118 valence electrons.